The molecule has 0 bridgehead atoms. The molecule has 144 valence electrons. The lowest BCUT2D eigenvalue weighted by Crippen LogP contribution is -2.49. The first-order valence-electron chi connectivity index (χ1n) is 9.63. The molecule has 1 amide bonds. The third kappa shape index (κ3) is 3.64. The predicted molar refractivity (Wildman–Crippen MR) is 111 cm³/mol. The zero-order valence-electron chi connectivity index (χ0n) is 16.2. The summed E-state index contributed by atoms with van der Waals surface area (Å²) in [6, 6.07) is 4.69. The molecule has 2 aliphatic heterocycles. The first-order chi connectivity index (χ1) is 12.8. The maximum Gasteiger partial charge on any atom is 0.410 e. The molecule has 3 heterocycles. The number of nitrogens with zero attached hydrogens (tertiary/aromatic N) is 3. The lowest BCUT2D eigenvalue weighted by molar-refractivity contribution is 0.0204. The van der Waals surface area contributed by atoms with Crippen LogP contribution in [-0.4, -0.2) is 47.3 Å². The lowest BCUT2D eigenvalue weighted by Gasteiger charge is -2.42. The Hall–Kier alpha value is -1.82. The number of hydrogen-bond donors (Lipinski definition) is 0. The number of likely N-dealkylation sites (tertiary alicyclic amines) is 1. The highest BCUT2D eigenvalue weighted by molar-refractivity contribution is 9.10. The molecule has 0 radical (unpaired) electrons. The number of amides is 1. The second-order valence-corrected chi connectivity index (χ2v) is 9.29. The van der Waals surface area contributed by atoms with E-state index in [1.54, 1.807) is 0 Å². The molecule has 2 aromatic rings. The third-order valence-corrected chi connectivity index (χ3v) is 6.03. The van der Waals surface area contributed by atoms with Gasteiger partial charge in [0.2, 0.25) is 0 Å². The van der Waals surface area contributed by atoms with Crippen molar-refractivity contribution in [2.24, 2.45) is 0 Å². The molecule has 1 saturated heterocycles. The van der Waals surface area contributed by atoms with E-state index >= 15 is 0 Å². The van der Waals surface area contributed by atoms with E-state index in [2.05, 4.69) is 37.9 Å². The van der Waals surface area contributed by atoms with Crippen molar-refractivity contribution in [1.29, 1.82) is 0 Å². The summed E-state index contributed by atoms with van der Waals surface area (Å²) in [5.74, 6) is 0. The van der Waals surface area contributed by atoms with E-state index in [0.29, 0.717) is 6.04 Å². The van der Waals surface area contributed by atoms with E-state index < -0.39 is 5.60 Å². The molecule has 4 rings (SSSR count). The minimum absolute atomic E-state index is 0.195. The standard InChI is InChI=1S/C21H26BrN3O2/c1-21(2,3)27-20(26)24-9-7-16(8-10-24)25-11-6-15-13-23-12-14-4-5-17(22)19(25)18(14)15/h4-5,12-13,16H,6-11H2,1-3H3. The largest absolute Gasteiger partial charge is 0.444 e. The zero-order chi connectivity index (χ0) is 19.2. The number of carbonyl (C=O) groups is 1. The number of ether oxygens (including phenoxy) is 1. The Balaban J connectivity index is 1.54. The number of pyridine rings is 1. The maximum atomic E-state index is 12.3. The van der Waals surface area contributed by atoms with Gasteiger partial charge in [0, 0.05) is 53.3 Å². The van der Waals surface area contributed by atoms with Crippen LogP contribution >= 0.6 is 15.9 Å². The van der Waals surface area contributed by atoms with Gasteiger partial charge in [-0.2, -0.15) is 0 Å². The Bertz CT molecular complexity index is 870. The lowest BCUT2D eigenvalue weighted by atomic mass is 9.94. The summed E-state index contributed by atoms with van der Waals surface area (Å²) in [5.41, 5.74) is 2.16. The van der Waals surface area contributed by atoms with E-state index in [1.807, 2.05) is 38.1 Å². The monoisotopic (exact) mass is 431 g/mol. The number of carbonyl (C=O) groups excluding carboxylic acids is 1. The van der Waals surface area contributed by atoms with Gasteiger partial charge in [-0.3, -0.25) is 4.98 Å². The van der Waals surface area contributed by atoms with Crippen molar-refractivity contribution in [3.8, 4) is 0 Å². The normalized spacial score (nSPS) is 18.1. The van der Waals surface area contributed by atoms with Crippen LogP contribution in [0.1, 0.15) is 39.2 Å². The van der Waals surface area contributed by atoms with Crippen LogP contribution < -0.4 is 4.90 Å². The number of piperidine rings is 1. The Labute approximate surface area is 168 Å². The summed E-state index contributed by atoms with van der Waals surface area (Å²) in [5, 5.41) is 2.52. The van der Waals surface area contributed by atoms with Crippen LogP contribution in [0.3, 0.4) is 0 Å². The van der Waals surface area contributed by atoms with Crippen LogP contribution in [0.5, 0.6) is 0 Å². The van der Waals surface area contributed by atoms with Crippen molar-refractivity contribution in [2.75, 3.05) is 24.5 Å². The van der Waals surface area contributed by atoms with Gasteiger partial charge in [-0.05, 0) is 67.6 Å². The topological polar surface area (TPSA) is 45.7 Å². The fraction of sp³-hybridized carbons (Fsp3) is 0.524. The van der Waals surface area contributed by atoms with Crippen molar-refractivity contribution >= 4 is 38.5 Å². The van der Waals surface area contributed by atoms with Crippen molar-refractivity contribution in [3.63, 3.8) is 0 Å². The number of benzene rings is 1. The Morgan fingerprint density at radius 3 is 2.63 bits per heavy atom. The van der Waals surface area contributed by atoms with E-state index in [-0.39, 0.29) is 6.09 Å². The second kappa shape index (κ2) is 6.97. The quantitative estimate of drug-likeness (QED) is 0.652. The first-order valence-corrected chi connectivity index (χ1v) is 10.4. The van der Waals surface area contributed by atoms with E-state index in [9.17, 15) is 4.79 Å². The van der Waals surface area contributed by atoms with Crippen molar-refractivity contribution in [3.05, 3.63) is 34.6 Å². The average Bonchev–Trinajstić information content (AvgIpc) is 2.63. The SMILES string of the molecule is CC(C)(C)OC(=O)N1CCC(N2CCc3cncc4ccc(Br)c2c34)CC1. The third-order valence-electron chi connectivity index (χ3n) is 5.39. The Kier molecular flexibility index (Phi) is 4.78. The molecular weight excluding hydrogens is 406 g/mol. The van der Waals surface area contributed by atoms with Crippen LogP contribution in [0.15, 0.2) is 29.0 Å². The maximum absolute atomic E-state index is 12.3. The molecule has 0 N–H and O–H groups in total. The van der Waals surface area contributed by atoms with Crippen LogP contribution in [0.25, 0.3) is 10.8 Å². The molecule has 0 saturated carbocycles. The van der Waals surface area contributed by atoms with Crippen molar-refractivity contribution < 1.29 is 9.53 Å². The molecule has 0 atom stereocenters. The highest BCUT2D eigenvalue weighted by Crippen LogP contribution is 2.41. The molecule has 1 aromatic carbocycles. The van der Waals surface area contributed by atoms with E-state index in [4.69, 9.17) is 4.74 Å². The average molecular weight is 432 g/mol. The van der Waals surface area contributed by atoms with Gasteiger partial charge < -0.3 is 14.5 Å². The molecule has 6 heteroatoms. The molecule has 2 aliphatic rings. The van der Waals surface area contributed by atoms with Gasteiger partial charge in [0.25, 0.3) is 0 Å². The smallest absolute Gasteiger partial charge is 0.410 e. The van der Waals surface area contributed by atoms with Gasteiger partial charge in [0.15, 0.2) is 0 Å². The number of hydrogen-bond acceptors (Lipinski definition) is 4. The van der Waals surface area contributed by atoms with Crippen molar-refractivity contribution in [1.82, 2.24) is 9.88 Å². The Morgan fingerprint density at radius 2 is 1.93 bits per heavy atom. The van der Waals surface area contributed by atoms with Gasteiger partial charge in [0.05, 0.1) is 5.69 Å². The summed E-state index contributed by atoms with van der Waals surface area (Å²) < 4.78 is 6.66. The molecule has 1 fully saturated rings. The summed E-state index contributed by atoms with van der Waals surface area (Å²) >= 11 is 3.77. The number of anilines is 1. The summed E-state index contributed by atoms with van der Waals surface area (Å²) in [7, 11) is 0. The second-order valence-electron chi connectivity index (χ2n) is 8.43. The van der Waals surface area contributed by atoms with Gasteiger partial charge in [-0.25, -0.2) is 4.79 Å². The molecular formula is C21H26BrN3O2. The fourth-order valence-corrected chi connectivity index (χ4v) is 4.73. The van der Waals surface area contributed by atoms with Gasteiger partial charge >= 0.3 is 6.09 Å². The van der Waals surface area contributed by atoms with Crippen LogP contribution in [0.4, 0.5) is 10.5 Å². The van der Waals surface area contributed by atoms with Crippen LogP contribution in [-0.2, 0) is 11.2 Å². The summed E-state index contributed by atoms with van der Waals surface area (Å²) in [6.45, 7) is 8.22. The fourth-order valence-electron chi connectivity index (χ4n) is 4.17. The van der Waals surface area contributed by atoms with Gasteiger partial charge in [-0.1, -0.05) is 6.07 Å². The van der Waals surface area contributed by atoms with Crippen LogP contribution in [0.2, 0.25) is 0 Å². The Morgan fingerprint density at radius 1 is 1.19 bits per heavy atom. The van der Waals surface area contributed by atoms with E-state index in [1.165, 1.54) is 22.0 Å². The molecule has 0 unspecified atom stereocenters. The number of rotatable bonds is 1. The molecule has 5 nitrogen and oxygen atoms in total. The predicted octanol–water partition coefficient (Wildman–Crippen LogP) is 4.76. The zero-order valence-corrected chi connectivity index (χ0v) is 17.8. The van der Waals surface area contributed by atoms with Gasteiger partial charge in [-0.15, -0.1) is 0 Å². The highest BCUT2D eigenvalue weighted by atomic mass is 79.9. The van der Waals surface area contributed by atoms with Crippen LogP contribution in [0, 0.1) is 0 Å². The molecule has 1 aromatic heterocycles. The molecule has 27 heavy (non-hydrogen) atoms. The first kappa shape index (κ1) is 18.5. The number of halogens is 1. The minimum atomic E-state index is -0.445. The summed E-state index contributed by atoms with van der Waals surface area (Å²) in [4.78, 5) is 21.1. The molecule has 0 aliphatic carbocycles. The van der Waals surface area contributed by atoms with Gasteiger partial charge in [0.1, 0.15) is 5.60 Å². The van der Waals surface area contributed by atoms with Crippen molar-refractivity contribution in [2.45, 2.75) is 51.7 Å². The minimum Gasteiger partial charge on any atom is -0.444 e. The number of aromatic nitrogens is 1. The highest BCUT2D eigenvalue weighted by Gasteiger charge is 2.32. The van der Waals surface area contributed by atoms with E-state index in [0.717, 1.165) is 43.4 Å². The molecule has 0 spiro atoms. The summed E-state index contributed by atoms with van der Waals surface area (Å²) in [6.07, 6.45) is 6.69.